The summed E-state index contributed by atoms with van der Waals surface area (Å²) < 4.78 is 16.7. The fourth-order valence-corrected chi connectivity index (χ4v) is 11.3. The van der Waals surface area contributed by atoms with E-state index in [1.807, 2.05) is 79.7 Å². The highest BCUT2D eigenvalue weighted by Crippen LogP contribution is 2.36. The smallest absolute Gasteiger partial charge is 0.440 e. The number of ether oxygens (including phenoxy) is 1. The molecule has 4 rings (SSSR count). The zero-order valence-corrected chi connectivity index (χ0v) is 27.9. The predicted molar refractivity (Wildman–Crippen MR) is 184 cm³/mol. The van der Waals surface area contributed by atoms with Crippen molar-refractivity contribution in [3.63, 3.8) is 0 Å². The van der Waals surface area contributed by atoms with E-state index in [-0.39, 0.29) is 17.4 Å². The number of aliphatic hydroxyl groups is 1. The average Bonchev–Trinajstić information content (AvgIpc) is 3.02. The molecule has 0 unspecified atom stereocenters. The van der Waals surface area contributed by atoms with Gasteiger partial charge in [-0.3, -0.25) is 0 Å². The van der Waals surface area contributed by atoms with Gasteiger partial charge in [0.15, 0.2) is 0 Å². The van der Waals surface area contributed by atoms with Gasteiger partial charge in [-0.05, 0) is 46.5 Å². The van der Waals surface area contributed by atoms with Gasteiger partial charge < -0.3 is 14.3 Å². The molecule has 0 spiro atoms. The molecule has 0 fully saturated rings. The van der Waals surface area contributed by atoms with Crippen molar-refractivity contribution in [3.8, 4) is 0 Å². The van der Waals surface area contributed by atoms with E-state index in [1.54, 1.807) is 6.08 Å². The van der Waals surface area contributed by atoms with Crippen LogP contribution in [0.25, 0.3) is 0 Å². The van der Waals surface area contributed by atoms with Gasteiger partial charge in [0, 0.05) is 17.3 Å². The van der Waals surface area contributed by atoms with Crippen molar-refractivity contribution >= 4 is 35.5 Å². The minimum atomic E-state index is -2.61. The van der Waals surface area contributed by atoms with Gasteiger partial charge in [0.05, 0.1) is 6.10 Å². The monoisotopic (exact) mass is 625 g/mol. The summed E-state index contributed by atoms with van der Waals surface area (Å²) in [5, 5.41) is 13.4. The molecule has 0 aliphatic heterocycles. The highest BCUT2D eigenvalue weighted by atomic mass is 32.2. The first-order valence-corrected chi connectivity index (χ1v) is 18.2. The van der Waals surface area contributed by atoms with Crippen molar-refractivity contribution in [1.82, 2.24) is 0 Å². The van der Waals surface area contributed by atoms with Gasteiger partial charge in [-0.1, -0.05) is 152 Å². The molecule has 1 amide bonds. The van der Waals surface area contributed by atoms with E-state index in [0.717, 1.165) is 16.0 Å². The molecule has 0 radical (unpaired) electrons. The molecule has 0 saturated heterocycles. The van der Waals surface area contributed by atoms with Crippen LogP contribution in [0.5, 0.6) is 0 Å². The molecule has 44 heavy (non-hydrogen) atoms. The summed E-state index contributed by atoms with van der Waals surface area (Å²) >= 11 is 0. The van der Waals surface area contributed by atoms with Gasteiger partial charge in [0.1, 0.15) is 6.61 Å². The van der Waals surface area contributed by atoms with E-state index in [9.17, 15) is 9.90 Å². The van der Waals surface area contributed by atoms with E-state index >= 15 is 0 Å². The summed E-state index contributed by atoms with van der Waals surface area (Å²) in [4.78, 5) is 13.5. The Morgan fingerprint density at radius 2 is 1.41 bits per heavy atom. The number of carbonyl (C=O) groups excluding carboxylic acids is 1. The Bertz CT molecular complexity index is 1480. The molecular weight excluding hydrogens is 583 g/mol. The highest BCUT2D eigenvalue weighted by Gasteiger charge is 2.49. The van der Waals surface area contributed by atoms with Crippen LogP contribution in [-0.2, 0) is 26.5 Å². The maximum atomic E-state index is 12.7. The maximum Gasteiger partial charge on any atom is 0.440 e. The molecule has 2 atom stereocenters. The first-order valence-electron chi connectivity index (χ1n) is 15.0. The summed E-state index contributed by atoms with van der Waals surface area (Å²) in [5.74, 6) is 0.287. The lowest BCUT2D eigenvalue weighted by molar-refractivity contribution is 0.151. The van der Waals surface area contributed by atoms with Gasteiger partial charge in [0.2, 0.25) is 0 Å². The number of aryl methyl sites for hydroxylation is 1. The van der Waals surface area contributed by atoms with Crippen molar-refractivity contribution in [3.05, 3.63) is 139 Å². The van der Waals surface area contributed by atoms with Crippen molar-refractivity contribution in [1.29, 1.82) is 0 Å². The molecule has 0 aliphatic carbocycles. The number of carbonyl (C=O) groups is 1. The van der Waals surface area contributed by atoms with Crippen LogP contribution in [0.3, 0.4) is 0 Å². The second-order valence-corrected chi connectivity index (χ2v) is 17.8. The summed E-state index contributed by atoms with van der Waals surface area (Å²) in [6.45, 7) is 9.48. The van der Waals surface area contributed by atoms with Gasteiger partial charge in [-0.25, -0.2) is 4.79 Å². The average molecular weight is 626 g/mol. The molecule has 1 N–H and O–H groups in total. The Kier molecular flexibility index (Phi) is 12.0. The first kappa shape index (κ1) is 33.3. The van der Waals surface area contributed by atoms with Crippen LogP contribution in [0.15, 0.2) is 137 Å². The molecule has 0 heterocycles. The Morgan fingerprint density at radius 1 is 0.864 bits per heavy atom. The van der Waals surface area contributed by atoms with Crippen molar-refractivity contribution in [2.45, 2.75) is 56.8 Å². The molecule has 0 aromatic heterocycles. The summed E-state index contributed by atoms with van der Waals surface area (Å²) in [6.07, 6.45) is 2.99. The largest absolute Gasteiger partial charge is 0.443 e. The molecule has 230 valence electrons. The third kappa shape index (κ3) is 8.95. The zero-order valence-electron chi connectivity index (χ0n) is 26.1. The van der Waals surface area contributed by atoms with Crippen LogP contribution in [0.2, 0.25) is 5.04 Å². The number of aliphatic hydroxyl groups excluding tert-OH is 1. The lowest BCUT2D eigenvalue weighted by atomic mass is 10.2. The van der Waals surface area contributed by atoms with Gasteiger partial charge >= 0.3 is 6.09 Å². The quantitative estimate of drug-likeness (QED) is 0.101. The molecular formula is C37H43NO4SSi. The first-order chi connectivity index (χ1) is 21.2. The number of hydrogen-bond donors (Lipinski definition) is 1. The molecule has 4 aromatic carbocycles. The molecule has 5 nitrogen and oxygen atoms in total. The predicted octanol–water partition coefficient (Wildman–Crippen LogP) is 7.38. The van der Waals surface area contributed by atoms with Crippen molar-refractivity contribution < 1.29 is 19.1 Å². The van der Waals surface area contributed by atoms with E-state index in [2.05, 4.69) is 73.7 Å². The van der Waals surface area contributed by atoms with Gasteiger partial charge in [0.25, 0.3) is 8.32 Å². The number of hydrogen-bond acceptors (Lipinski definition) is 4. The van der Waals surface area contributed by atoms with Crippen LogP contribution >= 0.6 is 0 Å². The fraction of sp³-hybridized carbons (Fsp3) is 0.270. The lowest BCUT2D eigenvalue weighted by Crippen LogP contribution is -2.66. The van der Waals surface area contributed by atoms with Crippen LogP contribution in [0.1, 0.15) is 38.3 Å². The van der Waals surface area contributed by atoms with Crippen molar-refractivity contribution in [2.24, 2.45) is 4.36 Å². The summed E-state index contributed by atoms with van der Waals surface area (Å²) in [7, 11) is -3.49. The van der Waals surface area contributed by atoms with Gasteiger partial charge in [-0.15, -0.1) is 4.36 Å². The SMILES string of the molecule is Cc1ccc(/[S@](C[C@@H](O)/C=C\CCO[Si](c2ccccc2)(c2ccccc2)C(C)(C)C)=N/C(=O)OCc2ccccc2)cc1. The third-order valence-corrected chi connectivity index (χ3v) is 14.3. The van der Waals surface area contributed by atoms with Gasteiger partial charge in [-0.2, -0.15) is 0 Å². The topological polar surface area (TPSA) is 68.1 Å². The second kappa shape index (κ2) is 15.9. The molecule has 0 aliphatic rings. The molecule has 0 saturated carbocycles. The normalized spacial score (nSPS) is 13.6. The van der Waals surface area contributed by atoms with E-state index in [0.29, 0.717) is 13.0 Å². The van der Waals surface area contributed by atoms with Crippen LogP contribution in [0, 0.1) is 6.92 Å². The number of amides is 1. The minimum Gasteiger partial charge on any atom is -0.443 e. The third-order valence-electron chi connectivity index (χ3n) is 7.39. The molecule has 4 aromatic rings. The number of benzene rings is 4. The number of rotatable bonds is 12. The Hall–Kier alpha value is -3.62. The lowest BCUT2D eigenvalue weighted by Gasteiger charge is -2.43. The second-order valence-electron chi connectivity index (χ2n) is 11.8. The van der Waals surface area contributed by atoms with Crippen molar-refractivity contribution in [2.75, 3.05) is 12.4 Å². The minimum absolute atomic E-state index is 0.0993. The molecule has 0 bridgehead atoms. The molecule has 7 heteroatoms. The Labute approximate surface area is 265 Å². The van der Waals surface area contributed by atoms with Crippen LogP contribution in [-0.4, -0.2) is 38.0 Å². The maximum absolute atomic E-state index is 12.7. The zero-order chi connectivity index (χ0) is 31.4. The van der Waals surface area contributed by atoms with E-state index < -0.39 is 31.2 Å². The standard InChI is InChI=1S/C37H43NO4SSi/c1-30-23-25-33(26-24-30)43(38-36(40)41-28-31-16-8-5-9-17-31)29-32(39)18-14-15-27-42-44(37(2,3)4,34-19-10-6-11-20-34)35-21-12-7-13-22-35/h5-14,16-26,32,39H,15,27-29H2,1-4H3/b18-14-/t32-,43-/m0/s1. The van der Waals surface area contributed by atoms with E-state index in [1.165, 1.54) is 10.4 Å². The van der Waals surface area contributed by atoms with Crippen LogP contribution < -0.4 is 10.4 Å². The fourth-order valence-electron chi connectivity index (χ4n) is 5.23. The number of nitrogens with zero attached hydrogens (tertiary/aromatic N) is 1. The van der Waals surface area contributed by atoms with E-state index in [4.69, 9.17) is 9.16 Å². The Balaban J connectivity index is 1.44. The van der Waals surface area contributed by atoms with Crippen LogP contribution in [0.4, 0.5) is 4.79 Å². The summed E-state index contributed by atoms with van der Waals surface area (Å²) in [5.41, 5.74) is 2.01. The Morgan fingerprint density at radius 3 is 1.95 bits per heavy atom. The summed E-state index contributed by atoms with van der Waals surface area (Å²) in [6, 6.07) is 38.6. The highest BCUT2D eigenvalue weighted by molar-refractivity contribution is 7.87.